The maximum atomic E-state index is 12.2. The van der Waals surface area contributed by atoms with Crippen LogP contribution in [-0.4, -0.2) is 5.91 Å². The highest BCUT2D eigenvalue weighted by atomic mass is 35.5. The zero-order valence-corrected chi connectivity index (χ0v) is 12.2. The predicted octanol–water partition coefficient (Wildman–Crippen LogP) is 4.57. The molecular weight excluding hydrogens is 311 g/mol. The average molecular weight is 321 g/mol. The third kappa shape index (κ3) is 2.82. The summed E-state index contributed by atoms with van der Waals surface area (Å²) in [5.74, 6) is -0.236. The Labute approximate surface area is 130 Å². The van der Waals surface area contributed by atoms with Crippen molar-refractivity contribution in [3.05, 3.63) is 58.3 Å². The molecule has 0 fully saturated rings. The van der Waals surface area contributed by atoms with Crippen LogP contribution in [0.2, 0.25) is 10.0 Å². The number of anilines is 2. The fraction of sp³-hybridized carbons (Fsp3) is 0. The van der Waals surface area contributed by atoms with Gasteiger partial charge in [0.1, 0.15) is 5.58 Å². The van der Waals surface area contributed by atoms with Crippen LogP contribution in [0.5, 0.6) is 0 Å². The highest BCUT2D eigenvalue weighted by molar-refractivity contribution is 6.35. The van der Waals surface area contributed by atoms with Crippen LogP contribution in [0.25, 0.3) is 11.0 Å². The van der Waals surface area contributed by atoms with E-state index in [-0.39, 0.29) is 5.76 Å². The number of fused-ring (bicyclic) bond motifs is 1. The van der Waals surface area contributed by atoms with Gasteiger partial charge < -0.3 is 15.5 Å². The van der Waals surface area contributed by atoms with E-state index in [1.165, 1.54) is 0 Å². The molecule has 0 saturated carbocycles. The molecule has 3 N–H and O–H groups in total. The van der Waals surface area contributed by atoms with Crippen LogP contribution in [0, 0.1) is 0 Å². The summed E-state index contributed by atoms with van der Waals surface area (Å²) in [6.45, 7) is 0. The number of amides is 1. The number of hydrogen-bond donors (Lipinski definition) is 2. The Hall–Kier alpha value is -2.17. The van der Waals surface area contributed by atoms with Crippen molar-refractivity contribution in [3.63, 3.8) is 0 Å². The van der Waals surface area contributed by atoms with Crippen LogP contribution < -0.4 is 11.1 Å². The van der Waals surface area contributed by atoms with Gasteiger partial charge in [0.25, 0.3) is 5.91 Å². The van der Waals surface area contributed by atoms with E-state index in [0.717, 1.165) is 5.39 Å². The number of nitrogens with two attached hydrogens (primary N) is 1. The van der Waals surface area contributed by atoms with Gasteiger partial charge >= 0.3 is 0 Å². The number of hydrogen-bond acceptors (Lipinski definition) is 3. The lowest BCUT2D eigenvalue weighted by atomic mass is 10.2. The summed E-state index contributed by atoms with van der Waals surface area (Å²) in [6.07, 6.45) is 0. The predicted molar refractivity (Wildman–Crippen MR) is 85.0 cm³/mol. The third-order valence-electron chi connectivity index (χ3n) is 2.94. The molecule has 0 radical (unpaired) electrons. The van der Waals surface area contributed by atoms with Crippen molar-refractivity contribution < 1.29 is 9.21 Å². The SMILES string of the molecule is Nc1ccc2oc(C(=O)Nc3cc(Cl)ccc3Cl)cc2c1. The van der Waals surface area contributed by atoms with Gasteiger partial charge in [0.2, 0.25) is 0 Å². The number of rotatable bonds is 2. The largest absolute Gasteiger partial charge is 0.451 e. The van der Waals surface area contributed by atoms with Gasteiger partial charge in [-0.1, -0.05) is 23.2 Å². The van der Waals surface area contributed by atoms with Crippen molar-refractivity contribution in [1.29, 1.82) is 0 Å². The molecule has 3 aromatic rings. The lowest BCUT2D eigenvalue weighted by Crippen LogP contribution is -2.11. The number of benzene rings is 2. The second-order valence-corrected chi connectivity index (χ2v) is 5.33. The second kappa shape index (κ2) is 5.31. The molecule has 0 aliphatic rings. The number of nitrogens with one attached hydrogen (secondary N) is 1. The van der Waals surface area contributed by atoms with Crippen molar-refractivity contribution in [1.82, 2.24) is 0 Å². The maximum Gasteiger partial charge on any atom is 0.291 e. The molecule has 0 atom stereocenters. The van der Waals surface area contributed by atoms with E-state index in [2.05, 4.69) is 5.32 Å². The number of carbonyl (C=O) groups excluding carboxylic acids is 1. The molecular formula is C15H10Cl2N2O2. The lowest BCUT2D eigenvalue weighted by Gasteiger charge is -2.05. The summed E-state index contributed by atoms with van der Waals surface area (Å²) >= 11 is 11.9. The monoisotopic (exact) mass is 320 g/mol. The first-order valence-corrected chi connectivity index (χ1v) is 6.84. The summed E-state index contributed by atoms with van der Waals surface area (Å²) < 4.78 is 5.48. The molecule has 0 unspecified atom stereocenters. The van der Waals surface area contributed by atoms with Gasteiger partial charge in [-0.15, -0.1) is 0 Å². The Morgan fingerprint density at radius 2 is 1.90 bits per heavy atom. The van der Waals surface area contributed by atoms with Gasteiger partial charge in [-0.05, 0) is 42.5 Å². The molecule has 106 valence electrons. The Morgan fingerprint density at radius 3 is 2.71 bits per heavy atom. The summed E-state index contributed by atoms with van der Waals surface area (Å²) in [7, 11) is 0. The van der Waals surface area contributed by atoms with Crippen LogP contribution in [-0.2, 0) is 0 Å². The van der Waals surface area contributed by atoms with Gasteiger partial charge in [0, 0.05) is 16.1 Å². The first-order valence-electron chi connectivity index (χ1n) is 6.08. The van der Waals surface area contributed by atoms with E-state index < -0.39 is 5.91 Å². The summed E-state index contributed by atoms with van der Waals surface area (Å²) in [4.78, 5) is 12.2. The molecule has 1 aromatic heterocycles. The van der Waals surface area contributed by atoms with Crippen molar-refractivity contribution in [2.24, 2.45) is 0 Å². The van der Waals surface area contributed by atoms with Crippen molar-refractivity contribution in [2.45, 2.75) is 0 Å². The minimum atomic E-state index is -0.408. The highest BCUT2D eigenvalue weighted by Crippen LogP contribution is 2.27. The van der Waals surface area contributed by atoms with Gasteiger partial charge in [-0.25, -0.2) is 0 Å². The molecule has 1 heterocycles. The van der Waals surface area contributed by atoms with Crippen molar-refractivity contribution >= 4 is 51.5 Å². The second-order valence-electron chi connectivity index (χ2n) is 4.49. The topological polar surface area (TPSA) is 68.3 Å². The molecule has 3 rings (SSSR count). The van der Waals surface area contributed by atoms with E-state index in [0.29, 0.717) is 27.0 Å². The maximum absolute atomic E-state index is 12.2. The minimum absolute atomic E-state index is 0.173. The van der Waals surface area contributed by atoms with Gasteiger partial charge in [-0.3, -0.25) is 4.79 Å². The Kier molecular flexibility index (Phi) is 3.49. The normalized spacial score (nSPS) is 10.8. The van der Waals surface area contributed by atoms with Gasteiger partial charge in [0.15, 0.2) is 5.76 Å². The van der Waals surface area contributed by atoms with Gasteiger partial charge in [0.05, 0.1) is 10.7 Å². The number of furan rings is 1. The molecule has 6 heteroatoms. The minimum Gasteiger partial charge on any atom is -0.451 e. The zero-order chi connectivity index (χ0) is 15.0. The first kappa shape index (κ1) is 13.8. The molecule has 0 spiro atoms. The van der Waals surface area contributed by atoms with Crippen LogP contribution >= 0.6 is 23.2 Å². The quantitative estimate of drug-likeness (QED) is 0.679. The molecule has 4 nitrogen and oxygen atoms in total. The lowest BCUT2D eigenvalue weighted by molar-refractivity contribution is 0.0998. The van der Waals surface area contributed by atoms with Crippen LogP contribution in [0.15, 0.2) is 46.9 Å². The highest BCUT2D eigenvalue weighted by Gasteiger charge is 2.14. The number of halogens is 2. The molecule has 0 aliphatic carbocycles. The summed E-state index contributed by atoms with van der Waals surface area (Å²) in [5, 5.41) is 4.30. The van der Waals surface area contributed by atoms with E-state index in [9.17, 15) is 4.79 Å². The molecule has 2 aromatic carbocycles. The fourth-order valence-electron chi connectivity index (χ4n) is 1.95. The molecule has 21 heavy (non-hydrogen) atoms. The molecule has 0 aliphatic heterocycles. The van der Waals surface area contributed by atoms with Crippen LogP contribution in [0.1, 0.15) is 10.6 Å². The summed E-state index contributed by atoms with van der Waals surface area (Å²) in [5.41, 5.74) is 7.31. The molecule has 0 saturated heterocycles. The molecule has 0 bridgehead atoms. The smallest absolute Gasteiger partial charge is 0.291 e. The Morgan fingerprint density at radius 1 is 1.10 bits per heavy atom. The Bertz CT molecular complexity index is 843. The Balaban J connectivity index is 1.91. The van der Waals surface area contributed by atoms with Crippen molar-refractivity contribution in [3.8, 4) is 0 Å². The van der Waals surface area contributed by atoms with Crippen LogP contribution in [0.4, 0.5) is 11.4 Å². The van der Waals surface area contributed by atoms with E-state index in [1.807, 2.05) is 0 Å². The first-order chi connectivity index (χ1) is 10.0. The third-order valence-corrected chi connectivity index (χ3v) is 3.51. The standard InChI is InChI=1S/C15H10Cl2N2O2/c16-9-1-3-11(17)12(7-9)19-15(20)14-6-8-5-10(18)2-4-13(8)21-14/h1-7H,18H2,(H,19,20). The van der Waals surface area contributed by atoms with Crippen molar-refractivity contribution in [2.75, 3.05) is 11.1 Å². The van der Waals surface area contributed by atoms with Crippen LogP contribution in [0.3, 0.4) is 0 Å². The molecule has 1 amide bonds. The fourth-order valence-corrected chi connectivity index (χ4v) is 2.29. The number of carbonyl (C=O) groups is 1. The van der Waals surface area contributed by atoms with Gasteiger partial charge in [-0.2, -0.15) is 0 Å². The average Bonchev–Trinajstić information content (AvgIpc) is 2.86. The van der Waals surface area contributed by atoms with E-state index >= 15 is 0 Å². The van der Waals surface area contributed by atoms with E-state index in [1.54, 1.807) is 42.5 Å². The summed E-state index contributed by atoms with van der Waals surface area (Å²) in [6, 6.07) is 11.6. The number of nitrogen functional groups attached to an aromatic ring is 1. The van der Waals surface area contributed by atoms with E-state index in [4.69, 9.17) is 33.4 Å². The zero-order valence-electron chi connectivity index (χ0n) is 10.7.